The van der Waals surface area contributed by atoms with Crippen LogP contribution in [0.5, 0.6) is 0 Å². The first-order chi connectivity index (χ1) is 14.3. The SMILES string of the molecule is CCCCCC1CCC(C2CCC(CC/C=C\c3ccc(CC)cc3)CC2)CC1. The van der Waals surface area contributed by atoms with Crippen molar-refractivity contribution in [3.63, 3.8) is 0 Å². The monoisotopic (exact) mass is 394 g/mol. The summed E-state index contributed by atoms with van der Waals surface area (Å²) in [6.45, 7) is 4.55. The van der Waals surface area contributed by atoms with E-state index in [0.717, 1.165) is 30.1 Å². The summed E-state index contributed by atoms with van der Waals surface area (Å²) in [4.78, 5) is 0. The van der Waals surface area contributed by atoms with Crippen LogP contribution in [0.25, 0.3) is 6.08 Å². The Kier molecular flexibility index (Phi) is 9.84. The molecule has 0 bridgehead atoms. The first-order valence-electron chi connectivity index (χ1n) is 13.0. The van der Waals surface area contributed by atoms with Crippen molar-refractivity contribution < 1.29 is 0 Å². The summed E-state index contributed by atoms with van der Waals surface area (Å²) in [5, 5.41) is 0. The van der Waals surface area contributed by atoms with Crippen molar-refractivity contribution in [2.75, 3.05) is 0 Å². The molecule has 162 valence electrons. The largest absolute Gasteiger partial charge is 0.0839 e. The molecule has 0 atom stereocenters. The van der Waals surface area contributed by atoms with Crippen molar-refractivity contribution in [1.82, 2.24) is 0 Å². The molecular weight excluding hydrogens is 348 g/mol. The van der Waals surface area contributed by atoms with Gasteiger partial charge in [0.2, 0.25) is 0 Å². The molecule has 0 nitrogen and oxygen atoms in total. The van der Waals surface area contributed by atoms with E-state index in [1.165, 1.54) is 75.3 Å². The number of benzene rings is 1. The molecule has 0 amide bonds. The maximum atomic E-state index is 2.41. The lowest BCUT2D eigenvalue weighted by Gasteiger charge is -2.38. The Hall–Kier alpha value is -1.04. The van der Waals surface area contributed by atoms with Gasteiger partial charge in [0.1, 0.15) is 0 Å². The normalized spacial score (nSPS) is 28.1. The van der Waals surface area contributed by atoms with Crippen molar-refractivity contribution in [2.45, 2.75) is 110 Å². The standard InChI is InChI=1S/C29H46/c1-3-5-6-9-26-16-20-28(21-17-26)29-22-18-27(19-23-29)11-8-7-10-25-14-12-24(4-2)13-15-25/h7,10,12-15,26-29H,3-6,8-9,11,16-23H2,1-2H3/b10-7-. The third-order valence-electron chi connectivity index (χ3n) is 8.11. The molecule has 0 spiro atoms. The predicted molar refractivity (Wildman–Crippen MR) is 129 cm³/mol. The second kappa shape index (κ2) is 12.6. The van der Waals surface area contributed by atoms with Crippen molar-refractivity contribution in [3.05, 3.63) is 41.5 Å². The van der Waals surface area contributed by atoms with Gasteiger partial charge in [0.15, 0.2) is 0 Å². The van der Waals surface area contributed by atoms with Crippen LogP contribution in [0.15, 0.2) is 30.3 Å². The van der Waals surface area contributed by atoms with E-state index < -0.39 is 0 Å². The summed E-state index contributed by atoms with van der Waals surface area (Å²) >= 11 is 0. The molecule has 0 heteroatoms. The van der Waals surface area contributed by atoms with Crippen LogP contribution in [-0.4, -0.2) is 0 Å². The molecule has 0 aromatic heterocycles. The van der Waals surface area contributed by atoms with E-state index in [1.54, 1.807) is 25.7 Å². The highest BCUT2D eigenvalue weighted by Crippen LogP contribution is 2.43. The van der Waals surface area contributed by atoms with Gasteiger partial charge in [0.05, 0.1) is 0 Å². The highest BCUT2D eigenvalue weighted by Gasteiger charge is 2.30. The average molecular weight is 395 g/mol. The molecule has 0 N–H and O–H groups in total. The highest BCUT2D eigenvalue weighted by atomic mass is 14.4. The van der Waals surface area contributed by atoms with Crippen LogP contribution in [0, 0.1) is 23.7 Å². The lowest BCUT2D eigenvalue weighted by atomic mass is 9.68. The van der Waals surface area contributed by atoms with Gasteiger partial charge in [-0.15, -0.1) is 0 Å². The van der Waals surface area contributed by atoms with Crippen LogP contribution in [0.1, 0.15) is 115 Å². The fraction of sp³-hybridized carbons (Fsp3) is 0.724. The summed E-state index contributed by atoms with van der Waals surface area (Å²) in [6, 6.07) is 9.05. The Morgan fingerprint density at radius 1 is 0.724 bits per heavy atom. The molecule has 2 aliphatic carbocycles. The van der Waals surface area contributed by atoms with E-state index >= 15 is 0 Å². The summed E-state index contributed by atoms with van der Waals surface area (Å²) < 4.78 is 0. The van der Waals surface area contributed by atoms with Crippen LogP contribution >= 0.6 is 0 Å². The van der Waals surface area contributed by atoms with Crippen LogP contribution in [-0.2, 0) is 6.42 Å². The average Bonchev–Trinajstić information content (AvgIpc) is 2.78. The van der Waals surface area contributed by atoms with E-state index in [9.17, 15) is 0 Å². The lowest BCUT2D eigenvalue weighted by Crippen LogP contribution is -2.25. The molecule has 2 aliphatic rings. The van der Waals surface area contributed by atoms with Crippen molar-refractivity contribution in [2.24, 2.45) is 23.7 Å². The molecule has 29 heavy (non-hydrogen) atoms. The Balaban J connectivity index is 1.29. The smallest absolute Gasteiger partial charge is 0.0260 e. The second-order valence-electron chi connectivity index (χ2n) is 10.1. The van der Waals surface area contributed by atoms with Crippen LogP contribution in [0.3, 0.4) is 0 Å². The van der Waals surface area contributed by atoms with Crippen molar-refractivity contribution in [3.8, 4) is 0 Å². The summed E-state index contributed by atoms with van der Waals surface area (Å²) in [5.41, 5.74) is 2.79. The van der Waals surface area contributed by atoms with E-state index in [1.807, 2.05) is 0 Å². The van der Waals surface area contributed by atoms with Gasteiger partial charge in [0.25, 0.3) is 0 Å². The van der Waals surface area contributed by atoms with Crippen LogP contribution in [0.2, 0.25) is 0 Å². The van der Waals surface area contributed by atoms with Gasteiger partial charge in [-0.1, -0.05) is 102 Å². The number of rotatable bonds is 10. The molecule has 0 unspecified atom stereocenters. The molecule has 0 heterocycles. The zero-order valence-corrected chi connectivity index (χ0v) is 19.4. The number of allylic oxidation sites excluding steroid dienone is 1. The maximum absolute atomic E-state index is 2.41. The van der Waals surface area contributed by atoms with Crippen molar-refractivity contribution >= 4 is 6.08 Å². The zero-order valence-electron chi connectivity index (χ0n) is 19.4. The minimum Gasteiger partial charge on any atom is -0.0839 e. The predicted octanol–water partition coefficient (Wildman–Crippen LogP) is 9.24. The minimum atomic E-state index is 0.990. The molecule has 0 saturated heterocycles. The Morgan fingerprint density at radius 2 is 1.31 bits per heavy atom. The van der Waals surface area contributed by atoms with E-state index in [-0.39, 0.29) is 0 Å². The number of hydrogen-bond acceptors (Lipinski definition) is 0. The summed E-state index contributed by atoms with van der Waals surface area (Å²) in [7, 11) is 0. The van der Waals surface area contributed by atoms with Gasteiger partial charge in [-0.3, -0.25) is 0 Å². The van der Waals surface area contributed by atoms with Gasteiger partial charge < -0.3 is 0 Å². The van der Waals surface area contributed by atoms with E-state index in [4.69, 9.17) is 0 Å². The topological polar surface area (TPSA) is 0 Å². The number of hydrogen-bond donors (Lipinski definition) is 0. The molecule has 1 aromatic carbocycles. The van der Waals surface area contributed by atoms with Gasteiger partial charge >= 0.3 is 0 Å². The zero-order chi connectivity index (χ0) is 20.3. The first-order valence-corrected chi connectivity index (χ1v) is 13.0. The van der Waals surface area contributed by atoms with E-state index in [0.29, 0.717) is 0 Å². The third kappa shape index (κ3) is 7.62. The molecule has 3 rings (SSSR count). The molecule has 2 saturated carbocycles. The molecule has 0 radical (unpaired) electrons. The van der Waals surface area contributed by atoms with Gasteiger partial charge in [-0.05, 0) is 79.7 Å². The molecule has 1 aromatic rings. The van der Waals surface area contributed by atoms with Gasteiger partial charge in [-0.2, -0.15) is 0 Å². The Labute approximate surface area is 181 Å². The second-order valence-corrected chi connectivity index (χ2v) is 10.1. The fourth-order valence-electron chi connectivity index (χ4n) is 6.00. The van der Waals surface area contributed by atoms with Crippen LogP contribution < -0.4 is 0 Å². The maximum Gasteiger partial charge on any atom is -0.0260 e. The molecule has 0 aliphatic heterocycles. The Bertz CT molecular complexity index is 565. The summed E-state index contributed by atoms with van der Waals surface area (Å²) in [6.07, 6.45) is 26.6. The molecule has 2 fully saturated rings. The summed E-state index contributed by atoms with van der Waals surface area (Å²) in [5.74, 6) is 4.20. The number of aryl methyl sites for hydroxylation is 1. The first kappa shape index (κ1) is 22.6. The Morgan fingerprint density at radius 3 is 1.86 bits per heavy atom. The van der Waals surface area contributed by atoms with Crippen LogP contribution in [0.4, 0.5) is 0 Å². The quantitative estimate of drug-likeness (QED) is 0.347. The molecular formula is C29H46. The highest BCUT2D eigenvalue weighted by molar-refractivity contribution is 5.49. The van der Waals surface area contributed by atoms with Gasteiger partial charge in [0, 0.05) is 0 Å². The van der Waals surface area contributed by atoms with Gasteiger partial charge in [-0.25, -0.2) is 0 Å². The lowest BCUT2D eigenvalue weighted by molar-refractivity contribution is 0.140. The minimum absolute atomic E-state index is 0.990. The van der Waals surface area contributed by atoms with E-state index in [2.05, 4.69) is 50.3 Å². The fourth-order valence-corrected chi connectivity index (χ4v) is 6.00. The third-order valence-corrected chi connectivity index (χ3v) is 8.11. The van der Waals surface area contributed by atoms with Crippen molar-refractivity contribution in [1.29, 1.82) is 0 Å². The number of unbranched alkanes of at least 4 members (excludes halogenated alkanes) is 2.